The molecular formula is C12H16N2O2. The van der Waals surface area contributed by atoms with Crippen molar-refractivity contribution < 1.29 is 9.90 Å². The van der Waals surface area contributed by atoms with Gasteiger partial charge in [-0.2, -0.15) is 0 Å². The van der Waals surface area contributed by atoms with E-state index in [4.69, 9.17) is 5.11 Å². The second kappa shape index (κ2) is 4.53. The summed E-state index contributed by atoms with van der Waals surface area (Å²) in [5, 5.41) is 12.3. The number of amides is 1. The van der Waals surface area contributed by atoms with Crippen molar-refractivity contribution in [2.24, 2.45) is 0 Å². The predicted octanol–water partition coefficient (Wildman–Crippen LogP) is 0.712. The molecule has 1 aromatic carbocycles. The van der Waals surface area contributed by atoms with E-state index in [1.54, 1.807) is 12.1 Å². The Bertz CT molecular complexity index is 375. The zero-order valence-corrected chi connectivity index (χ0v) is 9.31. The van der Waals surface area contributed by atoms with Gasteiger partial charge in [0.25, 0.3) is 0 Å². The van der Waals surface area contributed by atoms with Crippen LogP contribution >= 0.6 is 0 Å². The number of phenols is 1. The van der Waals surface area contributed by atoms with E-state index < -0.39 is 0 Å². The van der Waals surface area contributed by atoms with Gasteiger partial charge in [-0.05, 0) is 24.6 Å². The molecule has 4 nitrogen and oxygen atoms in total. The van der Waals surface area contributed by atoms with Gasteiger partial charge in [-0.3, -0.25) is 4.79 Å². The van der Waals surface area contributed by atoms with Gasteiger partial charge in [0, 0.05) is 19.6 Å². The van der Waals surface area contributed by atoms with Crippen LogP contribution in [0.3, 0.4) is 0 Å². The molecule has 2 rings (SSSR count). The zero-order chi connectivity index (χ0) is 11.5. The number of nitrogens with one attached hydrogen (secondary N) is 1. The lowest BCUT2D eigenvalue weighted by molar-refractivity contribution is -0.135. The van der Waals surface area contributed by atoms with Gasteiger partial charge in [0.15, 0.2) is 0 Å². The number of carbonyl (C=O) groups is 1. The third-order valence-corrected chi connectivity index (χ3v) is 2.82. The number of phenolic OH excluding ortho intramolecular Hbond substituents is 1. The van der Waals surface area contributed by atoms with E-state index in [9.17, 15) is 4.79 Å². The predicted molar refractivity (Wildman–Crippen MR) is 61.0 cm³/mol. The highest BCUT2D eigenvalue weighted by atomic mass is 16.3. The van der Waals surface area contributed by atoms with Crippen molar-refractivity contribution in [3.63, 3.8) is 0 Å². The van der Waals surface area contributed by atoms with Gasteiger partial charge in [-0.1, -0.05) is 12.1 Å². The van der Waals surface area contributed by atoms with Crippen LogP contribution in [0.2, 0.25) is 0 Å². The second-order valence-corrected chi connectivity index (χ2v) is 4.10. The molecule has 0 bridgehead atoms. The molecule has 0 aromatic heterocycles. The Labute approximate surface area is 94.9 Å². The molecule has 1 atom stereocenters. The van der Waals surface area contributed by atoms with Gasteiger partial charge in [0.05, 0.1) is 6.04 Å². The van der Waals surface area contributed by atoms with Crippen LogP contribution in [0.5, 0.6) is 5.75 Å². The van der Waals surface area contributed by atoms with Gasteiger partial charge in [0.1, 0.15) is 5.75 Å². The number of benzene rings is 1. The normalized spacial score (nSPS) is 21.2. The molecule has 0 radical (unpaired) electrons. The quantitative estimate of drug-likeness (QED) is 0.772. The third-order valence-electron chi connectivity index (χ3n) is 2.82. The summed E-state index contributed by atoms with van der Waals surface area (Å²) >= 11 is 0. The summed E-state index contributed by atoms with van der Waals surface area (Å²) in [6.45, 7) is 4.07. The molecule has 4 heteroatoms. The Morgan fingerprint density at radius 2 is 2.12 bits per heavy atom. The highest BCUT2D eigenvalue weighted by Gasteiger charge is 2.24. The summed E-state index contributed by atoms with van der Waals surface area (Å²) < 4.78 is 0. The molecule has 0 aliphatic carbocycles. The molecule has 86 valence electrons. The first-order valence-electron chi connectivity index (χ1n) is 5.47. The molecule has 2 N–H and O–H groups in total. The topological polar surface area (TPSA) is 52.6 Å². The number of nitrogens with zero attached hydrogens (tertiary/aromatic N) is 1. The number of piperazine rings is 1. The minimum Gasteiger partial charge on any atom is -0.508 e. The van der Waals surface area contributed by atoms with E-state index in [2.05, 4.69) is 5.32 Å². The lowest BCUT2D eigenvalue weighted by Gasteiger charge is -2.31. The lowest BCUT2D eigenvalue weighted by atomic mass is 10.1. The number of rotatable bonds is 2. The highest BCUT2D eigenvalue weighted by molar-refractivity contribution is 5.82. The van der Waals surface area contributed by atoms with Gasteiger partial charge in [-0.15, -0.1) is 0 Å². The van der Waals surface area contributed by atoms with Crippen LogP contribution in [-0.2, 0) is 11.3 Å². The Balaban J connectivity index is 2.03. The van der Waals surface area contributed by atoms with Gasteiger partial charge < -0.3 is 15.3 Å². The molecule has 1 fully saturated rings. The number of aromatic hydroxyl groups is 1. The van der Waals surface area contributed by atoms with Crippen molar-refractivity contribution in [1.82, 2.24) is 10.2 Å². The minimum absolute atomic E-state index is 0.0918. The monoisotopic (exact) mass is 220 g/mol. The van der Waals surface area contributed by atoms with E-state index in [1.807, 2.05) is 24.0 Å². The van der Waals surface area contributed by atoms with Crippen molar-refractivity contribution in [2.45, 2.75) is 19.5 Å². The average Bonchev–Trinajstić information content (AvgIpc) is 2.28. The van der Waals surface area contributed by atoms with E-state index in [1.165, 1.54) is 0 Å². The molecule has 1 heterocycles. The van der Waals surface area contributed by atoms with Crippen LogP contribution in [-0.4, -0.2) is 35.0 Å². The van der Waals surface area contributed by atoms with Crippen LogP contribution in [0.25, 0.3) is 0 Å². The summed E-state index contributed by atoms with van der Waals surface area (Å²) in [6, 6.07) is 6.88. The standard InChI is InChI=1S/C12H16N2O2/c1-9-12(16)14(7-6-13-9)8-10-2-4-11(15)5-3-10/h2-5,9,13,15H,6-8H2,1H3. The molecule has 1 aromatic rings. The summed E-state index contributed by atoms with van der Waals surface area (Å²) in [5.74, 6) is 0.392. The Kier molecular flexibility index (Phi) is 3.10. The number of hydrogen-bond acceptors (Lipinski definition) is 3. The molecular weight excluding hydrogens is 204 g/mol. The maximum atomic E-state index is 11.8. The fraction of sp³-hybridized carbons (Fsp3) is 0.417. The van der Waals surface area contributed by atoms with E-state index in [0.29, 0.717) is 6.54 Å². The third kappa shape index (κ3) is 2.33. The van der Waals surface area contributed by atoms with Crippen molar-refractivity contribution >= 4 is 5.91 Å². The zero-order valence-electron chi connectivity index (χ0n) is 9.31. The van der Waals surface area contributed by atoms with Crippen molar-refractivity contribution in [2.75, 3.05) is 13.1 Å². The molecule has 0 spiro atoms. The van der Waals surface area contributed by atoms with Gasteiger partial charge in [-0.25, -0.2) is 0 Å². The second-order valence-electron chi connectivity index (χ2n) is 4.10. The van der Waals surface area contributed by atoms with Crippen molar-refractivity contribution in [1.29, 1.82) is 0 Å². The first-order valence-corrected chi connectivity index (χ1v) is 5.47. The smallest absolute Gasteiger partial charge is 0.239 e. The summed E-state index contributed by atoms with van der Waals surface area (Å²) in [4.78, 5) is 13.7. The molecule has 1 aliphatic heterocycles. The first kappa shape index (κ1) is 11.0. The minimum atomic E-state index is -0.0918. The molecule has 1 saturated heterocycles. The van der Waals surface area contributed by atoms with Crippen LogP contribution in [0, 0.1) is 0 Å². The Hall–Kier alpha value is -1.55. The lowest BCUT2D eigenvalue weighted by Crippen LogP contribution is -2.53. The van der Waals surface area contributed by atoms with Gasteiger partial charge in [0.2, 0.25) is 5.91 Å². The van der Waals surface area contributed by atoms with Crippen LogP contribution in [0.1, 0.15) is 12.5 Å². The maximum Gasteiger partial charge on any atom is 0.239 e. The Morgan fingerprint density at radius 3 is 2.81 bits per heavy atom. The van der Waals surface area contributed by atoms with Crippen LogP contribution in [0.15, 0.2) is 24.3 Å². The Morgan fingerprint density at radius 1 is 1.44 bits per heavy atom. The molecule has 1 amide bonds. The fourth-order valence-corrected chi connectivity index (χ4v) is 1.87. The van der Waals surface area contributed by atoms with Crippen molar-refractivity contribution in [3.05, 3.63) is 29.8 Å². The van der Waals surface area contributed by atoms with Gasteiger partial charge >= 0.3 is 0 Å². The van der Waals surface area contributed by atoms with Crippen molar-refractivity contribution in [3.8, 4) is 5.75 Å². The van der Waals surface area contributed by atoms with E-state index in [-0.39, 0.29) is 17.7 Å². The number of hydrogen-bond donors (Lipinski definition) is 2. The molecule has 0 saturated carbocycles. The largest absolute Gasteiger partial charge is 0.508 e. The average molecular weight is 220 g/mol. The summed E-state index contributed by atoms with van der Waals surface area (Å²) in [7, 11) is 0. The first-order chi connectivity index (χ1) is 7.66. The molecule has 16 heavy (non-hydrogen) atoms. The van der Waals surface area contributed by atoms with Crippen LogP contribution < -0.4 is 5.32 Å². The maximum absolute atomic E-state index is 11.8. The molecule has 1 unspecified atom stereocenters. The number of carbonyl (C=O) groups excluding carboxylic acids is 1. The van der Waals surface area contributed by atoms with E-state index in [0.717, 1.165) is 18.7 Å². The summed E-state index contributed by atoms with van der Waals surface area (Å²) in [5.41, 5.74) is 1.04. The highest BCUT2D eigenvalue weighted by Crippen LogP contribution is 2.13. The molecule has 1 aliphatic rings. The SMILES string of the molecule is CC1NCCN(Cc2ccc(O)cc2)C1=O. The van der Waals surface area contributed by atoms with Crippen LogP contribution in [0.4, 0.5) is 0 Å². The summed E-state index contributed by atoms with van der Waals surface area (Å²) in [6.07, 6.45) is 0. The van der Waals surface area contributed by atoms with E-state index >= 15 is 0 Å². The fourth-order valence-electron chi connectivity index (χ4n) is 1.87.